The maximum atomic E-state index is 13.3. The van der Waals surface area contributed by atoms with Crippen LogP contribution in [0.2, 0.25) is 0 Å². The molecule has 48 heavy (non-hydrogen) atoms. The molecule has 1 unspecified atom stereocenters. The Morgan fingerprint density at radius 3 is 2.21 bits per heavy atom. The second kappa shape index (κ2) is 15.8. The highest BCUT2D eigenvalue weighted by Crippen LogP contribution is 2.33. The standard InChI is InChI=1S/C33H35F5N2O7S/c1-2-48(44,45)28-16-8-21(9-17-28)29(4-3-5-30(41)42)39-31(43)22-6-12-24(13-7-22)40-19-27(18-25(40)20-46-32(34)35)47-26-14-10-23(11-15-26)33(36,37)38/h6-17,25,27,29,32H,2-5,18-20H2,1H3,(H,39,43)(H,41,42)/t25-,27-,29?/m0/s1. The summed E-state index contributed by atoms with van der Waals surface area (Å²) in [6.45, 7) is -1.62. The predicted molar refractivity (Wildman–Crippen MR) is 166 cm³/mol. The van der Waals surface area contributed by atoms with E-state index in [1.807, 2.05) is 0 Å². The zero-order chi connectivity index (χ0) is 35.1. The van der Waals surface area contributed by atoms with E-state index >= 15 is 0 Å². The summed E-state index contributed by atoms with van der Waals surface area (Å²) in [5, 5.41) is 12.0. The predicted octanol–water partition coefficient (Wildman–Crippen LogP) is 6.49. The van der Waals surface area contributed by atoms with Crippen molar-refractivity contribution in [3.63, 3.8) is 0 Å². The van der Waals surface area contributed by atoms with Crippen molar-refractivity contribution in [2.24, 2.45) is 0 Å². The van der Waals surface area contributed by atoms with Crippen LogP contribution >= 0.6 is 0 Å². The first-order chi connectivity index (χ1) is 22.7. The van der Waals surface area contributed by atoms with Crippen molar-refractivity contribution >= 4 is 27.4 Å². The second-order valence-electron chi connectivity index (χ2n) is 11.2. The van der Waals surface area contributed by atoms with Gasteiger partial charge in [-0.1, -0.05) is 19.1 Å². The maximum Gasteiger partial charge on any atom is 0.416 e. The number of carbonyl (C=O) groups is 2. The number of amides is 1. The molecule has 3 atom stereocenters. The van der Waals surface area contributed by atoms with Crippen LogP contribution in [-0.4, -0.2) is 63.1 Å². The van der Waals surface area contributed by atoms with E-state index < -0.39 is 58.3 Å². The van der Waals surface area contributed by atoms with Gasteiger partial charge in [0.05, 0.1) is 41.4 Å². The summed E-state index contributed by atoms with van der Waals surface area (Å²) in [5.74, 6) is -1.36. The molecule has 1 fully saturated rings. The van der Waals surface area contributed by atoms with E-state index in [0.29, 0.717) is 11.3 Å². The Kier molecular flexibility index (Phi) is 12.0. The number of aliphatic carboxylic acids is 1. The maximum absolute atomic E-state index is 13.3. The van der Waals surface area contributed by atoms with Crippen molar-refractivity contribution in [3.8, 4) is 5.75 Å². The van der Waals surface area contributed by atoms with Crippen molar-refractivity contribution in [2.75, 3.05) is 23.8 Å². The van der Waals surface area contributed by atoms with Crippen molar-refractivity contribution in [3.05, 3.63) is 89.5 Å². The average Bonchev–Trinajstić information content (AvgIpc) is 3.45. The third kappa shape index (κ3) is 9.89. The molecule has 1 aliphatic heterocycles. The van der Waals surface area contributed by atoms with Crippen LogP contribution in [0.15, 0.2) is 77.7 Å². The Bertz CT molecular complexity index is 1630. The first kappa shape index (κ1) is 36.6. The van der Waals surface area contributed by atoms with Gasteiger partial charge in [-0.15, -0.1) is 0 Å². The Hall–Kier alpha value is -4.24. The van der Waals surface area contributed by atoms with Gasteiger partial charge in [0.15, 0.2) is 9.84 Å². The van der Waals surface area contributed by atoms with E-state index in [-0.39, 0.29) is 60.8 Å². The number of nitrogens with zero attached hydrogens (tertiary/aromatic N) is 1. The number of rotatable bonds is 15. The fourth-order valence-electron chi connectivity index (χ4n) is 5.43. The molecule has 15 heteroatoms. The zero-order valence-corrected chi connectivity index (χ0v) is 26.6. The number of hydrogen-bond acceptors (Lipinski definition) is 7. The number of anilines is 1. The fraction of sp³-hybridized carbons (Fsp3) is 0.394. The number of hydrogen-bond donors (Lipinski definition) is 2. The van der Waals surface area contributed by atoms with Gasteiger partial charge in [0.2, 0.25) is 0 Å². The smallest absolute Gasteiger partial charge is 0.416 e. The number of ether oxygens (including phenoxy) is 2. The lowest BCUT2D eigenvalue weighted by molar-refractivity contribution is -0.138. The number of carboxylic acids is 1. The molecule has 0 aliphatic carbocycles. The van der Waals surface area contributed by atoms with Crippen LogP contribution in [-0.2, 0) is 25.5 Å². The lowest BCUT2D eigenvalue weighted by Gasteiger charge is -2.26. The van der Waals surface area contributed by atoms with Gasteiger partial charge in [-0.25, -0.2) is 8.42 Å². The Labute approximate surface area is 274 Å². The van der Waals surface area contributed by atoms with E-state index in [0.717, 1.165) is 12.1 Å². The number of sulfone groups is 1. The minimum atomic E-state index is -4.50. The second-order valence-corrected chi connectivity index (χ2v) is 13.5. The lowest BCUT2D eigenvalue weighted by atomic mass is 10.00. The van der Waals surface area contributed by atoms with Crippen LogP contribution in [0.5, 0.6) is 5.75 Å². The van der Waals surface area contributed by atoms with Crippen molar-refractivity contribution < 1.29 is 54.5 Å². The van der Waals surface area contributed by atoms with E-state index in [1.165, 1.54) is 43.3 Å². The quantitative estimate of drug-likeness (QED) is 0.173. The summed E-state index contributed by atoms with van der Waals surface area (Å²) in [6.07, 6.45) is -4.42. The van der Waals surface area contributed by atoms with Crippen molar-refractivity contribution in [2.45, 2.75) is 68.5 Å². The fourth-order valence-corrected chi connectivity index (χ4v) is 6.32. The lowest BCUT2D eigenvalue weighted by Crippen LogP contribution is -2.34. The number of carboxylic acid groups (broad SMARTS) is 1. The molecule has 0 aromatic heterocycles. The molecule has 0 bridgehead atoms. The van der Waals surface area contributed by atoms with Crippen molar-refractivity contribution in [1.82, 2.24) is 5.32 Å². The molecule has 1 heterocycles. The molecule has 0 radical (unpaired) electrons. The van der Waals surface area contributed by atoms with E-state index in [4.69, 9.17) is 9.84 Å². The van der Waals surface area contributed by atoms with Gasteiger partial charge in [-0.3, -0.25) is 9.59 Å². The average molecular weight is 699 g/mol. The SMILES string of the molecule is CCS(=O)(=O)c1ccc(C(CCCC(=O)O)NC(=O)c2ccc(N3C[C@@H](Oc4ccc(C(F)(F)F)cc4)C[C@H]3COC(F)F)cc2)cc1. The molecule has 1 saturated heterocycles. The Morgan fingerprint density at radius 1 is 1.00 bits per heavy atom. The molecule has 0 spiro atoms. The molecule has 260 valence electrons. The highest BCUT2D eigenvalue weighted by atomic mass is 32.2. The monoisotopic (exact) mass is 698 g/mol. The summed E-state index contributed by atoms with van der Waals surface area (Å²) in [5.41, 5.74) is 0.587. The molecule has 4 rings (SSSR count). The Balaban J connectivity index is 1.47. The number of alkyl halides is 5. The van der Waals surface area contributed by atoms with Crippen LogP contribution < -0.4 is 15.0 Å². The summed E-state index contributed by atoms with van der Waals surface area (Å²) >= 11 is 0. The number of benzene rings is 3. The first-order valence-electron chi connectivity index (χ1n) is 15.1. The molecule has 3 aromatic rings. The molecule has 3 aromatic carbocycles. The molecular weight excluding hydrogens is 663 g/mol. The van der Waals surface area contributed by atoms with Crippen LogP contribution in [0.1, 0.15) is 60.1 Å². The largest absolute Gasteiger partial charge is 0.489 e. The van der Waals surface area contributed by atoms with Gasteiger partial charge in [0.1, 0.15) is 11.9 Å². The first-order valence-corrected chi connectivity index (χ1v) is 16.8. The zero-order valence-electron chi connectivity index (χ0n) is 25.8. The normalized spacial score (nSPS) is 17.4. The molecule has 2 N–H and O–H groups in total. The van der Waals surface area contributed by atoms with Crippen LogP contribution in [0, 0.1) is 0 Å². The minimum absolute atomic E-state index is 0.0780. The summed E-state index contributed by atoms with van der Waals surface area (Å²) in [6, 6.07) is 15.3. The van der Waals surface area contributed by atoms with Crippen LogP contribution in [0.4, 0.5) is 27.6 Å². The van der Waals surface area contributed by atoms with Gasteiger partial charge in [0.25, 0.3) is 5.91 Å². The summed E-state index contributed by atoms with van der Waals surface area (Å²) in [4.78, 5) is 26.3. The van der Waals surface area contributed by atoms with E-state index in [9.17, 15) is 40.0 Å². The third-order valence-corrected chi connectivity index (χ3v) is 9.70. The van der Waals surface area contributed by atoms with Gasteiger partial charge >= 0.3 is 18.8 Å². The summed E-state index contributed by atoms with van der Waals surface area (Å²) in [7, 11) is -3.44. The van der Waals surface area contributed by atoms with Gasteiger partial charge in [-0.05, 0) is 79.1 Å². The molecular formula is C33H35F5N2O7S. The van der Waals surface area contributed by atoms with Gasteiger partial charge < -0.3 is 24.8 Å². The highest BCUT2D eigenvalue weighted by molar-refractivity contribution is 7.91. The van der Waals surface area contributed by atoms with Crippen LogP contribution in [0.25, 0.3) is 0 Å². The minimum Gasteiger partial charge on any atom is -0.489 e. The topological polar surface area (TPSA) is 122 Å². The molecule has 9 nitrogen and oxygen atoms in total. The third-order valence-electron chi connectivity index (χ3n) is 7.95. The van der Waals surface area contributed by atoms with E-state index in [2.05, 4.69) is 10.1 Å². The van der Waals surface area contributed by atoms with Gasteiger partial charge in [0, 0.05) is 24.1 Å². The highest BCUT2D eigenvalue weighted by Gasteiger charge is 2.35. The molecule has 1 aliphatic rings. The number of carbonyl (C=O) groups excluding carboxylic acids is 1. The van der Waals surface area contributed by atoms with Crippen LogP contribution in [0.3, 0.4) is 0 Å². The Morgan fingerprint density at radius 2 is 1.65 bits per heavy atom. The number of nitrogens with one attached hydrogen (secondary N) is 1. The van der Waals surface area contributed by atoms with Gasteiger partial charge in [-0.2, -0.15) is 22.0 Å². The molecule has 1 amide bonds. The molecule has 0 saturated carbocycles. The number of halogens is 5. The van der Waals surface area contributed by atoms with E-state index in [1.54, 1.807) is 29.2 Å². The summed E-state index contributed by atoms with van der Waals surface area (Å²) < 4.78 is 99.5. The van der Waals surface area contributed by atoms with Crippen molar-refractivity contribution in [1.29, 1.82) is 0 Å².